The third-order valence-electron chi connectivity index (χ3n) is 3.95. The van der Waals surface area contributed by atoms with Crippen molar-refractivity contribution in [2.45, 2.75) is 32.1 Å². The number of carbonyl (C=O) groups excluding carboxylic acids is 2. The number of amides is 3. The van der Waals surface area contributed by atoms with Crippen molar-refractivity contribution < 1.29 is 14.3 Å². The summed E-state index contributed by atoms with van der Waals surface area (Å²) in [5.41, 5.74) is 0. The topological polar surface area (TPSA) is 70.7 Å². The number of likely N-dealkylation sites (tertiary alicyclic amines) is 1. The minimum Gasteiger partial charge on any atom is -0.381 e. The Kier molecular flexibility index (Phi) is 6.11. The molecule has 3 amide bonds. The highest BCUT2D eigenvalue weighted by Gasteiger charge is 2.19. The molecule has 0 unspecified atom stereocenters. The summed E-state index contributed by atoms with van der Waals surface area (Å²) in [6.45, 7) is 4.56. The maximum absolute atomic E-state index is 11.6. The predicted octanol–water partition coefficient (Wildman–Crippen LogP) is 0.725. The van der Waals surface area contributed by atoms with Gasteiger partial charge < -0.3 is 20.3 Å². The first-order valence-corrected chi connectivity index (χ1v) is 7.63. The number of carbonyl (C=O) groups is 2. The predicted molar refractivity (Wildman–Crippen MR) is 75.4 cm³/mol. The number of hydrogen-bond acceptors (Lipinski definition) is 3. The zero-order chi connectivity index (χ0) is 14.2. The van der Waals surface area contributed by atoms with Gasteiger partial charge in [-0.25, -0.2) is 4.79 Å². The molecule has 20 heavy (non-hydrogen) atoms. The summed E-state index contributed by atoms with van der Waals surface area (Å²) in [6, 6.07) is -0.107. The summed E-state index contributed by atoms with van der Waals surface area (Å²) in [5.74, 6) is 0.783. The van der Waals surface area contributed by atoms with E-state index < -0.39 is 0 Å². The number of urea groups is 1. The molecule has 0 aromatic carbocycles. The van der Waals surface area contributed by atoms with Crippen molar-refractivity contribution in [1.82, 2.24) is 15.5 Å². The molecule has 6 heteroatoms. The zero-order valence-electron chi connectivity index (χ0n) is 12.0. The van der Waals surface area contributed by atoms with E-state index in [2.05, 4.69) is 10.6 Å². The Balaban J connectivity index is 1.48. The Hall–Kier alpha value is -1.30. The molecule has 2 aliphatic heterocycles. The van der Waals surface area contributed by atoms with Gasteiger partial charge in [0, 0.05) is 45.8 Å². The highest BCUT2D eigenvalue weighted by Crippen LogP contribution is 2.13. The molecule has 2 rings (SSSR count). The van der Waals surface area contributed by atoms with Crippen LogP contribution < -0.4 is 10.6 Å². The van der Waals surface area contributed by atoms with Crippen LogP contribution in [-0.2, 0) is 9.53 Å². The quantitative estimate of drug-likeness (QED) is 0.706. The lowest BCUT2D eigenvalue weighted by molar-refractivity contribution is -0.127. The summed E-state index contributed by atoms with van der Waals surface area (Å²) < 4.78 is 5.28. The van der Waals surface area contributed by atoms with Gasteiger partial charge in [-0.3, -0.25) is 4.79 Å². The molecule has 6 nitrogen and oxygen atoms in total. The van der Waals surface area contributed by atoms with Gasteiger partial charge in [-0.05, 0) is 31.6 Å². The Bertz CT molecular complexity index is 330. The number of ether oxygens (including phenoxy) is 1. The molecule has 0 bridgehead atoms. The van der Waals surface area contributed by atoms with Gasteiger partial charge in [-0.2, -0.15) is 0 Å². The molecule has 0 aliphatic carbocycles. The lowest BCUT2D eigenvalue weighted by Gasteiger charge is -2.22. The van der Waals surface area contributed by atoms with Crippen LogP contribution in [0, 0.1) is 5.92 Å². The van der Waals surface area contributed by atoms with Crippen molar-refractivity contribution in [3.63, 3.8) is 0 Å². The normalized spacial score (nSPS) is 20.2. The first-order valence-electron chi connectivity index (χ1n) is 7.63. The van der Waals surface area contributed by atoms with Gasteiger partial charge in [0.1, 0.15) is 0 Å². The van der Waals surface area contributed by atoms with Gasteiger partial charge >= 0.3 is 6.03 Å². The first kappa shape index (κ1) is 15.1. The molecule has 0 atom stereocenters. The fourth-order valence-electron chi connectivity index (χ4n) is 2.66. The van der Waals surface area contributed by atoms with Crippen molar-refractivity contribution in [2.24, 2.45) is 5.92 Å². The standard InChI is InChI=1S/C14H25N3O3/c18-13-3-1-7-17(13)8-2-6-15-14(19)16-11-12-4-9-20-10-5-12/h12H,1-11H2,(H2,15,16,19). The highest BCUT2D eigenvalue weighted by molar-refractivity contribution is 5.78. The summed E-state index contributed by atoms with van der Waals surface area (Å²) in [5, 5.41) is 5.75. The first-order chi connectivity index (χ1) is 9.75. The van der Waals surface area contributed by atoms with Crippen LogP contribution in [0.2, 0.25) is 0 Å². The maximum Gasteiger partial charge on any atom is 0.314 e. The second kappa shape index (κ2) is 8.09. The fraction of sp³-hybridized carbons (Fsp3) is 0.857. The van der Waals surface area contributed by atoms with E-state index in [1.54, 1.807) is 0 Å². The lowest BCUT2D eigenvalue weighted by atomic mass is 10.0. The van der Waals surface area contributed by atoms with Crippen LogP contribution in [0.25, 0.3) is 0 Å². The third kappa shape index (κ3) is 5.00. The third-order valence-corrected chi connectivity index (χ3v) is 3.95. The maximum atomic E-state index is 11.6. The van der Waals surface area contributed by atoms with E-state index in [1.807, 2.05) is 4.90 Å². The van der Waals surface area contributed by atoms with Crippen molar-refractivity contribution in [2.75, 3.05) is 39.4 Å². The van der Waals surface area contributed by atoms with E-state index in [0.29, 0.717) is 18.9 Å². The Labute approximate surface area is 120 Å². The number of rotatable bonds is 6. The Morgan fingerprint density at radius 3 is 2.80 bits per heavy atom. The van der Waals surface area contributed by atoms with Crippen molar-refractivity contribution in [1.29, 1.82) is 0 Å². The molecule has 2 N–H and O–H groups in total. The number of nitrogens with zero attached hydrogens (tertiary/aromatic N) is 1. The van der Waals surface area contributed by atoms with Gasteiger partial charge in [-0.15, -0.1) is 0 Å². The minimum absolute atomic E-state index is 0.107. The molecule has 0 aromatic rings. The molecule has 0 radical (unpaired) electrons. The molecular formula is C14H25N3O3. The second-order valence-corrected chi connectivity index (χ2v) is 5.53. The van der Waals surface area contributed by atoms with Crippen molar-refractivity contribution in [3.05, 3.63) is 0 Å². The van der Waals surface area contributed by atoms with E-state index in [-0.39, 0.29) is 11.9 Å². The lowest BCUT2D eigenvalue weighted by Crippen LogP contribution is -2.40. The molecule has 0 spiro atoms. The molecule has 0 saturated carbocycles. The van der Waals surface area contributed by atoms with Gasteiger partial charge in [-0.1, -0.05) is 0 Å². The molecule has 114 valence electrons. The molecule has 0 aromatic heterocycles. The highest BCUT2D eigenvalue weighted by atomic mass is 16.5. The van der Waals surface area contributed by atoms with E-state index in [1.165, 1.54) is 0 Å². The number of hydrogen-bond donors (Lipinski definition) is 2. The van der Waals surface area contributed by atoms with Crippen molar-refractivity contribution in [3.8, 4) is 0 Å². The van der Waals surface area contributed by atoms with Crippen LogP contribution >= 0.6 is 0 Å². The molecular weight excluding hydrogens is 258 g/mol. The van der Waals surface area contributed by atoms with E-state index in [9.17, 15) is 9.59 Å². The monoisotopic (exact) mass is 283 g/mol. The van der Waals surface area contributed by atoms with Crippen LogP contribution in [0.5, 0.6) is 0 Å². The fourth-order valence-corrected chi connectivity index (χ4v) is 2.66. The summed E-state index contributed by atoms with van der Waals surface area (Å²) in [7, 11) is 0. The van der Waals surface area contributed by atoms with Gasteiger partial charge in [0.2, 0.25) is 5.91 Å². The SMILES string of the molecule is O=C(NCCCN1CCCC1=O)NCC1CCOCC1. The van der Waals surface area contributed by atoms with Crippen LogP contribution in [-0.4, -0.2) is 56.2 Å². The van der Waals surface area contributed by atoms with Crippen LogP contribution in [0.15, 0.2) is 0 Å². The summed E-state index contributed by atoms with van der Waals surface area (Å²) in [6.07, 6.45) is 4.52. The second-order valence-electron chi connectivity index (χ2n) is 5.53. The van der Waals surface area contributed by atoms with Gasteiger partial charge in [0.05, 0.1) is 0 Å². The smallest absolute Gasteiger partial charge is 0.314 e. The Morgan fingerprint density at radius 1 is 1.30 bits per heavy atom. The molecule has 2 fully saturated rings. The average Bonchev–Trinajstić information content (AvgIpc) is 2.88. The number of nitrogens with one attached hydrogen (secondary N) is 2. The summed E-state index contributed by atoms with van der Waals surface area (Å²) in [4.78, 5) is 24.9. The van der Waals surface area contributed by atoms with Gasteiger partial charge in [0.25, 0.3) is 0 Å². The Morgan fingerprint density at radius 2 is 2.10 bits per heavy atom. The molecule has 2 heterocycles. The van der Waals surface area contributed by atoms with Crippen LogP contribution in [0.1, 0.15) is 32.1 Å². The van der Waals surface area contributed by atoms with E-state index in [0.717, 1.165) is 58.5 Å². The molecule has 2 saturated heterocycles. The largest absolute Gasteiger partial charge is 0.381 e. The van der Waals surface area contributed by atoms with Gasteiger partial charge in [0.15, 0.2) is 0 Å². The zero-order valence-corrected chi connectivity index (χ0v) is 12.0. The van der Waals surface area contributed by atoms with E-state index in [4.69, 9.17) is 4.74 Å². The van der Waals surface area contributed by atoms with E-state index >= 15 is 0 Å². The van der Waals surface area contributed by atoms with Crippen LogP contribution in [0.4, 0.5) is 4.79 Å². The summed E-state index contributed by atoms with van der Waals surface area (Å²) >= 11 is 0. The average molecular weight is 283 g/mol. The molecule has 2 aliphatic rings. The minimum atomic E-state index is -0.107. The van der Waals surface area contributed by atoms with Crippen molar-refractivity contribution >= 4 is 11.9 Å². The van der Waals surface area contributed by atoms with Crippen LogP contribution in [0.3, 0.4) is 0 Å².